The van der Waals surface area contributed by atoms with E-state index in [2.05, 4.69) is 32.6 Å². The standard InChI is InChI=1S/C20H18BrN3O4/c1-3-9-28-18-11-15(21)13(10-17(18)27-4-2)12-22-24-19(25)14-7-5-6-8-16(14)23-20(24)26/h3,5-8,10-12H,1,4,9H2,2H3,(H,23,26). The normalized spacial score (nSPS) is 11.1. The van der Waals surface area contributed by atoms with Crippen molar-refractivity contribution in [1.82, 2.24) is 9.66 Å². The zero-order valence-corrected chi connectivity index (χ0v) is 16.7. The number of hydrogen-bond donors (Lipinski definition) is 1. The van der Waals surface area contributed by atoms with Gasteiger partial charge in [0.15, 0.2) is 11.5 Å². The van der Waals surface area contributed by atoms with Crippen molar-refractivity contribution in [1.29, 1.82) is 0 Å². The van der Waals surface area contributed by atoms with Crippen LogP contribution in [0.25, 0.3) is 10.9 Å². The average Bonchev–Trinajstić information content (AvgIpc) is 2.68. The fourth-order valence-corrected chi connectivity index (χ4v) is 2.98. The van der Waals surface area contributed by atoms with Gasteiger partial charge in [-0.25, -0.2) is 4.79 Å². The summed E-state index contributed by atoms with van der Waals surface area (Å²) >= 11 is 3.45. The van der Waals surface area contributed by atoms with Crippen molar-refractivity contribution in [2.45, 2.75) is 6.92 Å². The van der Waals surface area contributed by atoms with E-state index >= 15 is 0 Å². The summed E-state index contributed by atoms with van der Waals surface area (Å²) in [6, 6.07) is 10.2. The smallest absolute Gasteiger partial charge is 0.349 e. The van der Waals surface area contributed by atoms with E-state index in [9.17, 15) is 9.59 Å². The van der Waals surface area contributed by atoms with Crippen LogP contribution in [0, 0.1) is 0 Å². The lowest BCUT2D eigenvalue weighted by molar-refractivity contribution is 0.296. The molecule has 0 aliphatic carbocycles. The van der Waals surface area contributed by atoms with Crippen LogP contribution in [-0.2, 0) is 0 Å². The molecule has 28 heavy (non-hydrogen) atoms. The fourth-order valence-electron chi connectivity index (χ4n) is 2.56. The maximum atomic E-state index is 12.6. The van der Waals surface area contributed by atoms with E-state index in [-0.39, 0.29) is 0 Å². The lowest BCUT2D eigenvalue weighted by Gasteiger charge is -2.12. The summed E-state index contributed by atoms with van der Waals surface area (Å²) in [6.07, 6.45) is 3.05. The van der Waals surface area contributed by atoms with Crippen molar-refractivity contribution in [3.8, 4) is 11.5 Å². The third-order valence-corrected chi connectivity index (χ3v) is 4.50. The number of hydrogen-bond acceptors (Lipinski definition) is 5. The van der Waals surface area contributed by atoms with Gasteiger partial charge in [0.1, 0.15) is 6.61 Å². The molecule has 0 saturated heterocycles. The van der Waals surface area contributed by atoms with E-state index in [1.807, 2.05) is 6.92 Å². The lowest BCUT2D eigenvalue weighted by atomic mass is 10.2. The predicted octanol–water partition coefficient (Wildman–Crippen LogP) is 3.30. The summed E-state index contributed by atoms with van der Waals surface area (Å²) in [4.78, 5) is 27.4. The number of aromatic nitrogens is 2. The highest BCUT2D eigenvalue weighted by Gasteiger charge is 2.11. The number of para-hydroxylation sites is 1. The number of halogens is 1. The van der Waals surface area contributed by atoms with Crippen LogP contribution in [0.5, 0.6) is 11.5 Å². The number of ether oxygens (including phenoxy) is 2. The number of aromatic amines is 1. The highest BCUT2D eigenvalue weighted by molar-refractivity contribution is 9.10. The predicted molar refractivity (Wildman–Crippen MR) is 113 cm³/mol. The summed E-state index contributed by atoms with van der Waals surface area (Å²) in [5, 5.41) is 4.45. The molecule has 144 valence electrons. The second kappa shape index (κ2) is 8.71. The quantitative estimate of drug-likeness (QED) is 0.448. The van der Waals surface area contributed by atoms with E-state index in [1.54, 1.807) is 42.5 Å². The minimum atomic E-state index is -0.618. The Bertz CT molecular complexity index is 1160. The summed E-state index contributed by atoms with van der Waals surface area (Å²) in [5.74, 6) is 1.07. The van der Waals surface area contributed by atoms with E-state index in [1.165, 1.54) is 6.21 Å². The lowest BCUT2D eigenvalue weighted by Crippen LogP contribution is -2.32. The van der Waals surface area contributed by atoms with Gasteiger partial charge in [-0.3, -0.25) is 4.79 Å². The molecule has 0 amide bonds. The number of rotatable bonds is 7. The first-order chi connectivity index (χ1) is 13.5. The molecular formula is C20H18BrN3O4. The Labute approximate surface area is 169 Å². The van der Waals surface area contributed by atoms with Crippen molar-refractivity contribution in [2.24, 2.45) is 5.10 Å². The maximum absolute atomic E-state index is 12.6. The molecule has 7 nitrogen and oxygen atoms in total. The molecule has 1 heterocycles. The van der Waals surface area contributed by atoms with Crippen LogP contribution >= 0.6 is 15.9 Å². The Kier molecular flexibility index (Phi) is 6.10. The third kappa shape index (κ3) is 4.07. The Balaban J connectivity index is 2.04. The van der Waals surface area contributed by atoms with E-state index < -0.39 is 11.2 Å². The third-order valence-electron chi connectivity index (χ3n) is 3.82. The van der Waals surface area contributed by atoms with Crippen LogP contribution < -0.4 is 20.7 Å². The zero-order valence-electron chi connectivity index (χ0n) is 15.1. The van der Waals surface area contributed by atoms with Crippen molar-refractivity contribution in [2.75, 3.05) is 13.2 Å². The fraction of sp³-hybridized carbons (Fsp3) is 0.150. The molecule has 8 heteroatoms. The largest absolute Gasteiger partial charge is 0.490 e. The van der Waals surface area contributed by atoms with Crippen LogP contribution in [0.4, 0.5) is 0 Å². The molecule has 0 aliphatic heterocycles. The monoisotopic (exact) mass is 443 g/mol. The molecule has 0 saturated carbocycles. The van der Waals surface area contributed by atoms with Crippen molar-refractivity contribution in [3.05, 3.63) is 79.9 Å². The van der Waals surface area contributed by atoms with Gasteiger partial charge in [-0.05, 0) is 47.1 Å². The molecule has 2 aromatic carbocycles. The summed E-state index contributed by atoms with van der Waals surface area (Å²) < 4.78 is 12.7. The molecule has 1 N–H and O–H groups in total. The summed E-state index contributed by atoms with van der Waals surface area (Å²) in [6.45, 7) is 6.28. The van der Waals surface area contributed by atoms with Crippen molar-refractivity contribution >= 4 is 33.0 Å². The number of benzene rings is 2. The minimum Gasteiger partial charge on any atom is -0.490 e. The van der Waals surface area contributed by atoms with Gasteiger partial charge >= 0.3 is 5.69 Å². The summed E-state index contributed by atoms with van der Waals surface area (Å²) in [7, 11) is 0. The molecule has 0 unspecified atom stereocenters. The molecule has 3 rings (SSSR count). The van der Waals surface area contributed by atoms with Crippen molar-refractivity contribution in [3.63, 3.8) is 0 Å². The zero-order chi connectivity index (χ0) is 20.1. The molecule has 0 radical (unpaired) electrons. The molecule has 1 aromatic heterocycles. The van der Waals surface area contributed by atoms with Gasteiger partial charge < -0.3 is 14.5 Å². The Morgan fingerprint density at radius 1 is 1.21 bits per heavy atom. The van der Waals surface area contributed by atoms with Crippen LogP contribution in [-0.4, -0.2) is 29.1 Å². The minimum absolute atomic E-state index is 0.335. The van der Waals surface area contributed by atoms with Gasteiger partial charge in [-0.15, -0.1) is 4.68 Å². The average molecular weight is 444 g/mol. The number of nitrogens with zero attached hydrogens (tertiary/aromatic N) is 2. The maximum Gasteiger partial charge on any atom is 0.349 e. The first kappa shape index (κ1) is 19.6. The molecule has 0 bridgehead atoms. The van der Waals surface area contributed by atoms with Gasteiger partial charge in [-0.2, -0.15) is 5.10 Å². The Hall–Kier alpha value is -3.13. The first-order valence-electron chi connectivity index (χ1n) is 8.53. The number of fused-ring (bicyclic) bond motifs is 1. The van der Waals surface area contributed by atoms with Crippen molar-refractivity contribution < 1.29 is 9.47 Å². The van der Waals surface area contributed by atoms with Crippen LogP contribution in [0.2, 0.25) is 0 Å². The SMILES string of the molecule is C=CCOc1cc(Br)c(C=Nn2c(=O)[nH]c3ccccc3c2=O)cc1OCC. The van der Waals surface area contributed by atoms with Gasteiger partial charge in [0.25, 0.3) is 5.56 Å². The first-order valence-corrected chi connectivity index (χ1v) is 9.33. The van der Waals surface area contributed by atoms with Gasteiger partial charge in [0.2, 0.25) is 0 Å². The molecule has 0 aliphatic rings. The second-order valence-electron chi connectivity index (χ2n) is 5.69. The van der Waals surface area contributed by atoms with E-state index in [4.69, 9.17) is 9.47 Å². The molecule has 3 aromatic rings. The molecule has 0 atom stereocenters. The number of H-pyrrole nitrogens is 1. The van der Waals surface area contributed by atoms with Gasteiger partial charge in [-0.1, -0.05) is 24.8 Å². The molecule has 0 spiro atoms. The molecular weight excluding hydrogens is 426 g/mol. The Morgan fingerprint density at radius 2 is 1.96 bits per heavy atom. The summed E-state index contributed by atoms with van der Waals surface area (Å²) in [5.41, 5.74) is -0.0314. The van der Waals surface area contributed by atoms with Gasteiger partial charge in [0.05, 0.1) is 23.7 Å². The highest BCUT2D eigenvalue weighted by Crippen LogP contribution is 2.33. The van der Waals surface area contributed by atoms with Crippen LogP contribution in [0.1, 0.15) is 12.5 Å². The number of nitrogens with one attached hydrogen (secondary N) is 1. The van der Waals surface area contributed by atoms with Gasteiger partial charge in [0, 0.05) is 10.0 Å². The van der Waals surface area contributed by atoms with Crippen LogP contribution in [0.15, 0.2) is 68.2 Å². The topological polar surface area (TPSA) is 85.7 Å². The highest BCUT2D eigenvalue weighted by atomic mass is 79.9. The van der Waals surface area contributed by atoms with E-state index in [0.717, 1.165) is 4.68 Å². The molecule has 0 fully saturated rings. The van der Waals surface area contributed by atoms with E-state index in [0.29, 0.717) is 45.7 Å². The second-order valence-corrected chi connectivity index (χ2v) is 6.54. The van der Waals surface area contributed by atoms with Crippen LogP contribution in [0.3, 0.4) is 0 Å². The Morgan fingerprint density at radius 3 is 2.71 bits per heavy atom.